The molecule has 2 unspecified atom stereocenters. The maximum absolute atomic E-state index is 12.1. The van der Waals surface area contributed by atoms with Crippen LogP contribution in [0.5, 0.6) is 0 Å². The number of anilines is 1. The van der Waals surface area contributed by atoms with E-state index in [0.717, 1.165) is 4.86 Å². The second kappa shape index (κ2) is 8.90. The van der Waals surface area contributed by atoms with Crippen molar-refractivity contribution in [2.24, 2.45) is 7.05 Å². The first-order chi connectivity index (χ1) is 15.0. The molecule has 22 heteroatoms. The average Bonchev–Trinajstić information content (AvgIpc) is 3.07. The number of aryl methyl sites for hydroxylation is 1. The van der Waals surface area contributed by atoms with Crippen LogP contribution < -0.4 is 20.7 Å². The number of ether oxygens (including phenoxy) is 1. The van der Waals surface area contributed by atoms with Gasteiger partial charge in [0, 0.05) is 0 Å². The van der Waals surface area contributed by atoms with Crippen molar-refractivity contribution in [1.82, 2.24) is 19.4 Å². The van der Waals surface area contributed by atoms with Gasteiger partial charge in [-0.25, -0.2) is 18.3 Å². The van der Waals surface area contributed by atoms with E-state index in [4.69, 9.17) is 20.3 Å². The normalized spacial score (nSPS) is 27.5. The summed E-state index contributed by atoms with van der Waals surface area (Å²) in [5, 5.41) is 20.6. The van der Waals surface area contributed by atoms with Crippen LogP contribution in [0.4, 0.5) is 5.95 Å². The van der Waals surface area contributed by atoms with Crippen LogP contribution >= 0.6 is 23.3 Å². The van der Waals surface area contributed by atoms with Crippen molar-refractivity contribution in [2.75, 3.05) is 12.3 Å². The van der Waals surface area contributed by atoms with Crippen molar-refractivity contribution < 1.29 is 61.6 Å². The monoisotopic (exact) mass is 537 g/mol. The van der Waals surface area contributed by atoms with Gasteiger partial charge in [-0.15, -0.1) is 4.86 Å². The molecular formula is C11H20N6O13P3+. The fourth-order valence-electron chi connectivity index (χ4n) is 3.07. The molecule has 1 aliphatic rings. The van der Waals surface area contributed by atoms with Crippen LogP contribution in [0, 0.1) is 0 Å². The molecule has 0 spiro atoms. The lowest BCUT2D eigenvalue weighted by atomic mass is 10.1. The molecule has 1 saturated heterocycles. The van der Waals surface area contributed by atoms with E-state index in [-0.39, 0.29) is 17.1 Å². The Morgan fingerprint density at radius 3 is 2.52 bits per heavy atom. The highest BCUT2D eigenvalue weighted by atomic mass is 31.3. The van der Waals surface area contributed by atoms with E-state index >= 15 is 0 Å². The number of phosphoric ester groups is 1. The van der Waals surface area contributed by atoms with Crippen LogP contribution in [0.1, 0.15) is 6.23 Å². The minimum absolute atomic E-state index is 0.0162. The molecule has 0 saturated carbocycles. The lowest BCUT2D eigenvalue weighted by Crippen LogP contribution is -2.46. The quantitative estimate of drug-likeness (QED) is 0.117. The smallest absolute Gasteiger partial charge is 0.387 e. The highest BCUT2D eigenvalue weighted by Gasteiger charge is 2.48. The van der Waals surface area contributed by atoms with Gasteiger partial charge >= 0.3 is 29.0 Å². The molecule has 3 heterocycles. The number of hydrogen-bond acceptors (Lipinski definition) is 11. The first-order valence-corrected chi connectivity index (χ1v) is 13.3. The summed E-state index contributed by atoms with van der Waals surface area (Å²) < 4.78 is 50.4. The zero-order valence-electron chi connectivity index (χ0n) is 16.4. The summed E-state index contributed by atoms with van der Waals surface area (Å²) in [4.78, 5) is 55.3. The molecule has 2 aromatic rings. The number of phosphoric acid groups is 1. The molecule has 33 heavy (non-hydrogen) atoms. The third kappa shape index (κ3) is 5.93. The zero-order chi connectivity index (χ0) is 24.9. The third-order valence-corrected chi connectivity index (χ3v) is 8.51. The molecular weight excluding hydrogens is 517 g/mol. The Balaban J connectivity index is 1.76. The van der Waals surface area contributed by atoms with Gasteiger partial charge in [-0.1, -0.05) is 4.98 Å². The molecule has 0 bridgehead atoms. The summed E-state index contributed by atoms with van der Waals surface area (Å²) in [5.41, 5.74) is 4.99. The molecule has 3 rings (SSSR count). The van der Waals surface area contributed by atoms with E-state index < -0.39 is 60.0 Å². The average molecular weight is 537 g/mol. The van der Waals surface area contributed by atoms with Crippen LogP contribution in [0.15, 0.2) is 11.1 Å². The Labute approximate surface area is 182 Å². The Hall–Kier alpha value is -1.56. The maximum atomic E-state index is 12.1. The van der Waals surface area contributed by atoms with Crippen molar-refractivity contribution in [1.29, 1.82) is 0 Å². The number of hydrogen-bond donors (Lipinski definition) is 9. The number of H-pyrrole nitrogens is 1. The lowest BCUT2D eigenvalue weighted by molar-refractivity contribution is -0.745. The van der Waals surface area contributed by atoms with Crippen LogP contribution in [0.2, 0.25) is 0 Å². The summed E-state index contributed by atoms with van der Waals surface area (Å²) in [6, 6.07) is 0. The Kier molecular flexibility index (Phi) is 7.03. The van der Waals surface area contributed by atoms with Gasteiger partial charge in [-0.05, 0) is 0 Å². The predicted octanol–water partition coefficient (Wildman–Crippen LogP) is -3.33. The number of nitrogens with two attached hydrogens (primary N) is 1. The SMILES string of the molecule is Cn1c[n+]([C@@H]2O[C@H](COP(=O)(O)OP(=O)(O)NP(=O)(O)O)[C@@H](O)[C@H]2O)c2nc(N)[nH]c(=O)c21. The molecule has 1 aliphatic heterocycles. The van der Waals surface area contributed by atoms with E-state index in [9.17, 15) is 38.5 Å². The molecule has 186 valence electrons. The number of aliphatic hydroxyl groups excluding tert-OH is 2. The Bertz CT molecular complexity index is 1260. The van der Waals surface area contributed by atoms with E-state index in [2.05, 4.69) is 18.8 Å². The highest BCUT2D eigenvalue weighted by molar-refractivity contribution is 7.70. The summed E-state index contributed by atoms with van der Waals surface area (Å²) in [6.07, 6.45) is -4.93. The molecule has 0 radical (unpaired) electrons. The summed E-state index contributed by atoms with van der Waals surface area (Å²) in [7, 11) is -14.7. The molecule has 0 aromatic carbocycles. The molecule has 19 nitrogen and oxygen atoms in total. The standard InChI is InChI=1S/C11H19N6O13P3/c1-16-3-17(8-5(16)9(20)14-11(12)13-8)10-7(19)6(18)4(29-10)2-28-33(26,27)30-32(24,25)15-31(21,22)23/h3-4,6-7,10,18-19H,2H2,1H3,(H7-,12,13,14,15,20,21,22,23,24,25,26,27)/p+1/t4-,6-,7-,10-/m1/s1. The first-order valence-electron chi connectivity index (χ1n) is 8.64. The highest BCUT2D eigenvalue weighted by Crippen LogP contribution is 2.61. The second-order valence-corrected chi connectivity index (χ2v) is 11.6. The van der Waals surface area contributed by atoms with Crippen molar-refractivity contribution in [3.8, 4) is 0 Å². The van der Waals surface area contributed by atoms with Crippen molar-refractivity contribution in [2.45, 2.75) is 24.5 Å². The number of aliphatic hydroxyl groups is 2. The van der Waals surface area contributed by atoms with Gasteiger partial charge in [0.1, 0.15) is 18.3 Å². The van der Waals surface area contributed by atoms with Gasteiger partial charge < -0.3 is 40.3 Å². The van der Waals surface area contributed by atoms with E-state index in [1.54, 1.807) is 0 Å². The van der Waals surface area contributed by atoms with Crippen LogP contribution in [0.3, 0.4) is 0 Å². The number of aromatic amines is 1. The van der Waals surface area contributed by atoms with Gasteiger partial charge in [0.15, 0.2) is 6.33 Å². The number of imidazole rings is 1. The van der Waals surface area contributed by atoms with Gasteiger partial charge in [-0.3, -0.25) is 18.9 Å². The van der Waals surface area contributed by atoms with E-state index in [1.807, 2.05) is 0 Å². The largest absolute Gasteiger partial charge is 0.480 e. The fourth-order valence-corrected chi connectivity index (χ4v) is 6.50. The topological polar surface area (TPSA) is 293 Å². The minimum atomic E-state index is -5.48. The number of fused-ring (bicyclic) bond motifs is 1. The zero-order valence-corrected chi connectivity index (χ0v) is 19.1. The summed E-state index contributed by atoms with van der Waals surface area (Å²) in [5.74, 6) is -0.240. The van der Waals surface area contributed by atoms with Gasteiger partial charge in [0.2, 0.25) is 11.7 Å². The van der Waals surface area contributed by atoms with E-state index in [1.165, 1.54) is 22.5 Å². The Morgan fingerprint density at radius 1 is 1.27 bits per heavy atom. The number of rotatable bonds is 8. The number of nitrogen functional groups attached to an aromatic ring is 1. The first kappa shape index (κ1) is 26.1. The maximum Gasteiger partial charge on any atom is 0.480 e. The van der Waals surface area contributed by atoms with Gasteiger partial charge in [0.25, 0.3) is 11.5 Å². The molecule has 6 atom stereocenters. The molecule has 1 fully saturated rings. The number of nitrogens with one attached hydrogen (secondary N) is 2. The molecule has 0 amide bonds. The lowest BCUT2D eigenvalue weighted by Gasteiger charge is -2.19. The molecule has 0 aliphatic carbocycles. The Morgan fingerprint density at radius 2 is 1.91 bits per heavy atom. The van der Waals surface area contributed by atoms with Crippen LogP contribution in [-0.4, -0.2) is 69.2 Å². The van der Waals surface area contributed by atoms with E-state index in [0.29, 0.717) is 0 Å². The third-order valence-electron chi connectivity index (χ3n) is 4.27. The van der Waals surface area contributed by atoms with Gasteiger partial charge in [-0.2, -0.15) is 4.31 Å². The minimum Gasteiger partial charge on any atom is -0.387 e. The number of nitrogens with zero attached hydrogens (tertiary/aromatic N) is 3. The fraction of sp³-hybridized carbons (Fsp3) is 0.545. The molecule has 2 aromatic heterocycles. The van der Waals surface area contributed by atoms with Crippen molar-refractivity contribution in [3.05, 3.63) is 16.7 Å². The van der Waals surface area contributed by atoms with Crippen molar-refractivity contribution in [3.63, 3.8) is 0 Å². The van der Waals surface area contributed by atoms with Gasteiger partial charge in [0.05, 0.1) is 13.7 Å². The molecule has 10 N–H and O–H groups in total. The summed E-state index contributed by atoms with van der Waals surface area (Å²) in [6.45, 7) is -0.972. The van der Waals surface area contributed by atoms with Crippen LogP contribution in [0.25, 0.3) is 11.2 Å². The summed E-state index contributed by atoms with van der Waals surface area (Å²) >= 11 is 0. The predicted molar refractivity (Wildman–Crippen MR) is 104 cm³/mol. The van der Waals surface area contributed by atoms with Crippen LogP contribution in [-0.2, 0) is 34.3 Å². The second-order valence-electron chi connectivity index (χ2n) is 6.81. The number of aromatic nitrogens is 4. The van der Waals surface area contributed by atoms with Crippen molar-refractivity contribution >= 4 is 40.4 Å².